The number of rotatable bonds is 14. The molecule has 0 spiro atoms. The van der Waals surface area contributed by atoms with Crippen LogP contribution < -0.4 is 48.7 Å². The first-order valence-electron chi connectivity index (χ1n) is 26.2. The first-order valence-corrected chi connectivity index (χ1v) is 27.4. The number of nitrogens with two attached hydrogens (primary N) is 2. The normalized spacial score (nSPS) is 23.8. The fourth-order valence-electron chi connectivity index (χ4n) is 8.67. The number of carbonyl (C=O) groups is 10. The van der Waals surface area contributed by atoms with Crippen LogP contribution in [-0.4, -0.2) is 177 Å². The van der Waals surface area contributed by atoms with Crippen LogP contribution in [0.5, 0.6) is 0 Å². The number of nitrogens with zero attached hydrogens (tertiary/aromatic N) is 3. The van der Waals surface area contributed by atoms with E-state index in [9.17, 15) is 53.1 Å². The van der Waals surface area contributed by atoms with Crippen molar-refractivity contribution in [2.24, 2.45) is 11.5 Å². The molecule has 0 unspecified atom stereocenters. The Morgan fingerprint density at radius 1 is 0.650 bits per heavy atom. The summed E-state index contributed by atoms with van der Waals surface area (Å²) in [6.45, 7) is 2.26. The van der Waals surface area contributed by atoms with Crippen LogP contribution in [0.1, 0.15) is 55.5 Å². The molecule has 0 saturated carbocycles. The Balaban J connectivity index is 1.53. The SMILES string of the molecule is C[C@@H]1NC(=O)[C@H](Cc2ccccc2)NC(=O)CSC[C@@H](C(N)=O)NC(=O)[C@H](Cc2ccccc2)NC(=O)CN(C)C(=O)[C@H](Cc2cnc[nH]2)NC(=O)[C@H](Cc2ccccc2)N(C)C(=O)[C@H]([C@@H](C)O)NC(=O)[C@H](CCCCN)NC1=O. The van der Waals surface area contributed by atoms with Gasteiger partial charge in [0.2, 0.25) is 59.1 Å². The van der Waals surface area contributed by atoms with Gasteiger partial charge in [0.05, 0.1) is 24.7 Å². The maximum atomic E-state index is 14.7. The zero-order valence-electron chi connectivity index (χ0n) is 45.2. The number of aromatic nitrogens is 2. The van der Waals surface area contributed by atoms with E-state index in [1.54, 1.807) is 91.0 Å². The van der Waals surface area contributed by atoms with Gasteiger partial charge in [-0.2, -0.15) is 0 Å². The second-order valence-electron chi connectivity index (χ2n) is 19.6. The zero-order chi connectivity index (χ0) is 58.3. The van der Waals surface area contributed by atoms with Gasteiger partial charge >= 0.3 is 0 Å². The highest BCUT2D eigenvalue weighted by atomic mass is 32.2. The lowest BCUT2D eigenvalue weighted by Gasteiger charge is -2.34. The minimum Gasteiger partial charge on any atom is -0.391 e. The van der Waals surface area contributed by atoms with Gasteiger partial charge in [0.25, 0.3) is 0 Å². The summed E-state index contributed by atoms with van der Waals surface area (Å²) >= 11 is 0.921. The molecule has 24 nitrogen and oxygen atoms in total. The Kier molecular flexibility index (Phi) is 24.6. The van der Waals surface area contributed by atoms with Crippen molar-refractivity contribution < 1.29 is 53.1 Å². The average Bonchev–Trinajstić information content (AvgIpc) is 3.97. The molecule has 3 aromatic carbocycles. The standard InChI is InChI=1S/C55H73N13O11S/c1-33-49(73)63-39(22-14-15-23-56)50(74)66-47(34(2)69)55(79)68(4)44(26-37-20-12-7-13-21-37)53(77)64-42(27-38-28-58-32-59-38)54(78)67(3)29-45(70)61-41(25-36-18-10-6-11-19-36)52(76)65-43(48(57)72)30-80-31-46(71)62-40(51(75)60-33)24-35-16-8-5-9-17-35/h5-13,16-21,28,32-34,39-44,47,69H,14-15,22-27,29-31,56H2,1-4H3,(H2,57,72)(H,58,59)(H,60,75)(H,61,70)(H,62,71)(H,63,73)(H,64,77)(H,65,76)(H,66,74)/t33-,34+,39-,40-,41-,42-,43-,44-,47-/m0/s1. The van der Waals surface area contributed by atoms with E-state index < -0.39 is 120 Å². The fraction of sp³-hybridized carbons (Fsp3) is 0.436. The van der Waals surface area contributed by atoms with Crippen molar-refractivity contribution in [3.63, 3.8) is 0 Å². The molecule has 1 aliphatic heterocycles. The Morgan fingerprint density at radius 2 is 1.19 bits per heavy atom. The van der Waals surface area contributed by atoms with Gasteiger partial charge in [-0.05, 0) is 56.3 Å². The van der Waals surface area contributed by atoms with Crippen molar-refractivity contribution in [2.45, 2.75) is 113 Å². The van der Waals surface area contributed by atoms with Crippen LogP contribution in [0, 0.1) is 0 Å². The molecule has 13 N–H and O–H groups in total. The van der Waals surface area contributed by atoms with Crippen molar-refractivity contribution in [3.05, 3.63) is 126 Å². The average molecular weight is 1120 g/mol. The van der Waals surface area contributed by atoms with E-state index >= 15 is 0 Å². The Bertz CT molecular complexity index is 2720. The van der Waals surface area contributed by atoms with Crippen LogP contribution in [0.2, 0.25) is 0 Å². The third-order valence-corrected chi connectivity index (χ3v) is 14.2. The molecule has 1 aromatic heterocycles. The number of hydrogen-bond donors (Lipinski definition) is 11. The second-order valence-corrected chi connectivity index (χ2v) is 20.6. The molecule has 2 heterocycles. The molecule has 1 saturated heterocycles. The number of carbonyl (C=O) groups excluding carboxylic acids is 10. The Hall–Kier alpha value is -8.16. The van der Waals surface area contributed by atoms with Crippen molar-refractivity contribution in [1.82, 2.24) is 57.0 Å². The van der Waals surface area contributed by atoms with Gasteiger partial charge in [-0.25, -0.2) is 4.98 Å². The highest BCUT2D eigenvalue weighted by Gasteiger charge is 2.39. The largest absolute Gasteiger partial charge is 0.391 e. The fourth-order valence-corrected chi connectivity index (χ4v) is 9.54. The molecule has 9 atom stereocenters. The summed E-state index contributed by atoms with van der Waals surface area (Å²) in [5.74, 6) is -8.67. The van der Waals surface area contributed by atoms with Gasteiger partial charge in [-0.3, -0.25) is 47.9 Å². The van der Waals surface area contributed by atoms with Gasteiger partial charge in [0.1, 0.15) is 48.3 Å². The summed E-state index contributed by atoms with van der Waals surface area (Å²) in [5, 5.41) is 29.6. The summed E-state index contributed by atoms with van der Waals surface area (Å²) in [6, 6.07) is 15.0. The molecule has 25 heteroatoms. The Morgan fingerprint density at radius 3 is 1.73 bits per heavy atom. The van der Waals surface area contributed by atoms with E-state index in [1.807, 2.05) is 0 Å². The summed E-state index contributed by atoms with van der Waals surface area (Å²) in [6.07, 6.45) is 1.69. The molecular weight excluding hydrogens is 1050 g/mol. The topological polar surface area (TPSA) is 362 Å². The van der Waals surface area contributed by atoms with Gasteiger partial charge in [-0.1, -0.05) is 91.0 Å². The highest BCUT2D eigenvalue weighted by Crippen LogP contribution is 2.15. The molecule has 1 aliphatic rings. The molecule has 0 bridgehead atoms. The van der Waals surface area contributed by atoms with E-state index in [0.29, 0.717) is 35.2 Å². The van der Waals surface area contributed by atoms with Crippen LogP contribution >= 0.6 is 11.8 Å². The van der Waals surface area contributed by atoms with E-state index in [-0.39, 0.29) is 50.2 Å². The molecule has 0 aliphatic carbocycles. The number of aliphatic hydroxyl groups excluding tert-OH is 1. The third kappa shape index (κ3) is 19.6. The lowest BCUT2D eigenvalue weighted by Crippen LogP contribution is -2.62. The maximum absolute atomic E-state index is 14.7. The van der Waals surface area contributed by atoms with Crippen LogP contribution in [0.4, 0.5) is 0 Å². The number of benzene rings is 3. The molecule has 430 valence electrons. The summed E-state index contributed by atoms with van der Waals surface area (Å²) in [5.41, 5.74) is 13.8. The molecule has 10 amide bonds. The zero-order valence-corrected chi connectivity index (χ0v) is 46.0. The second kappa shape index (κ2) is 31.4. The number of thioether (sulfide) groups is 1. The van der Waals surface area contributed by atoms with Gasteiger partial charge in [-0.15, -0.1) is 11.8 Å². The lowest BCUT2D eigenvalue weighted by atomic mass is 10.0. The summed E-state index contributed by atoms with van der Waals surface area (Å²) < 4.78 is 0. The predicted molar refractivity (Wildman–Crippen MR) is 297 cm³/mol. The van der Waals surface area contributed by atoms with E-state index in [1.165, 1.54) is 40.5 Å². The van der Waals surface area contributed by atoms with Crippen LogP contribution in [0.15, 0.2) is 104 Å². The van der Waals surface area contributed by atoms with E-state index in [2.05, 4.69) is 47.2 Å². The van der Waals surface area contributed by atoms with E-state index in [0.717, 1.165) is 21.6 Å². The van der Waals surface area contributed by atoms with Crippen molar-refractivity contribution >= 4 is 70.8 Å². The van der Waals surface area contributed by atoms with Crippen LogP contribution in [0.25, 0.3) is 0 Å². The van der Waals surface area contributed by atoms with Gasteiger partial charge in [0, 0.05) is 57.4 Å². The maximum Gasteiger partial charge on any atom is 0.248 e. The number of primary amides is 1. The van der Waals surface area contributed by atoms with Crippen molar-refractivity contribution in [3.8, 4) is 0 Å². The smallest absolute Gasteiger partial charge is 0.248 e. The number of unbranched alkanes of at least 4 members (excludes halogenated alkanes) is 1. The van der Waals surface area contributed by atoms with Gasteiger partial charge in [0.15, 0.2) is 0 Å². The first-order chi connectivity index (χ1) is 38.2. The Labute approximate surface area is 468 Å². The molecule has 1 fully saturated rings. The molecule has 0 radical (unpaired) electrons. The third-order valence-electron chi connectivity index (χ3n) is 13.2. The van der Waals surface area contributed by atoms with Gasteiger partial charge < -0.3 is 68.6 Å². The van der Waals surface area contributed by atoms with Crippen molar-refractivity contribution in [2.75, 3.05) is 38.7 Å². The number of H-pyrrole nitrogens is 1. The number of amides is 10. The molecule has 4 aromatic rings. The van der Waals surface area contributed by atoms with Crippen LogP contribution in [-0.2, 0) is 73.6 Å². The minimum atomic E-state index is -1.69. The summed E-state index contributed by atoms with van der Waals surface area (Å²) in [4.78, 5) is 149. The number of aliphatic hydroxyl groups is 1. The van der Waals surface area contributed by atoms with Crippen molar-refractivity contribution in [1.29, 1.82) is 0 Å². The molecule has 80 heavy (non-hydrogen) atoms. The number of imidazole rings is 1. The quantitative estimate of drug-likeness (QED) is 0.0617. The number of likely N-dealkylation sites (N-methyl/N-ethyl adjacent to an activating group) is 2. The van der Waals surface area contributed by atoms with E-state index in [4.69, 9.17) is 11.5 Å². The number of hydrogen-bond acceptors (Lipinski definition) is 14. The number of aromatic amines is 1. The predicted octanol–water partition coefficient (Wildman–Crippen LogP) is -1.88. The minimum absolute atomic E-state index is 0.0111. The lowest BCUT2D eigenvalue weighted by molar-refractivity contribution is -0.145. The highest BCUT2D eigenvalue weighted by molar-refractivity contribution is 8.00. The first kappa shape index (κ1) is 62.7. The number of nitrogens with one attached hydrogen (secondary N) is 8. The van der Waals surface area contributed by atoms with Crippen LogP contribution in [0.3, 0.4) is 0 Å². The monoisotopic (exact) mass is 1120 g/mol. The molecular formula is C55H73N13O11S. The summed E-state index contributed by atoms with van der Waals surface area (Å²) in [7, 11) is 2.61. The molecule has 5 rings (SSSR count).